The van der Waals surface area contributed by atoms with E-state index < -0.39 is 5.97 Å². The van der Waals surface area contributed by atoms with Crippen LogP contribution in [0.5, 0.6) is 0 Å². The Bertz CT molecular complexity index is 458. The molecule has 0 aromatic heterocycles. The number of aliphatic carboxylic acids is 1. The van der Waals surface area contributed by atoms with Gasteiger partial charge < -0.3 is 10.8 Å². The highest BCUT2D eigenvalue weighted by Gasteiger charge is 2.18. The zero-order chi connectivity index (χ0) is 14.3. The Hall–Kier alpha value is -1.83. The second-order valence-corrected chi connectivity index (χ2v) is 4.67. The van der Waals surface area contributed by atoms with Gasteiger partial charge in [-0.25, -0.2) is 0 Å². The summed E-state index contributed by atoms with van der Waals surface area (Å²) in [4.78, 5) is 10.7. The number of benzene rings is 1. The summed E-state index contributed by atoms with van der Waals surface area (Å²) in [6.45, 7) is 5.35. The quantitative estimate of drug-likeness (QED) is 0.783. The molecule has 3 nitrogen and oxygen atoms in total. The lowest BCUT2D eigenvalue weighted by Crippen LogP contribution is -2.25. The fourth-order valence-electron chi connectivity index (χ4n) is 1.91. The summed E-state index contributed by atoms with van der Waals surface area (Å²) < 4.78 is 0. The number of carbonyl (C=O) groups is 1. The van der Waals surface area contributed by atoms with Gasteiger partial charge in [-0.2, -0.15) is 0 Å². The van der Waals surface area contributed by atoms with E-state index in [0.29, 0.717) is 12.8 Å². The van der Waals surface area contributed by atoms with E-state index in [1.807, 2.05) is 6.92 Å². The molecule has 2 unspecified atom stereocenters. The number of carboxylic acids is 1. The van der Waals surface area contributed by atoms with Crippen LogP contribution in [0.4, 0.5) is 0 Å². The molecule has 0 radical (unpaired) electrons. The summed E-state index contributed by atoms with van der Waals surface area (Å²) >= 11 is 0. The van der Waals surface area contributed by atoms with Crippen LogP contribution in [0.15, 0.2) is 42.7 Å². The monoisotopic (exact) mass is 259 g/mol. The van der Waals surface area contributed by atoms with Crippen molar-refractivity contribution in [3.05, 3.63) is 42.7 Å². The predicted octanol–water partition coefficient (Wildman–Crippen LogP) is 3.21. The third-order valence-electron chi connectivity index (χ3n) is 2.99. The maximum absolute atomic E-state index is 10.7. The van der Waals surface area contributed by atoms with Gasteiger partial charge in [-0.3, -0.25) is 4.79 Å². The maximum Gasteiger partial charge on any atom is 0.306 e. The molecule has 0 bridgehead atoms. The van der Waals surface area contributed by atoms with E-state index in [2.05, 4.69) is 36.6 Å². The largest absolute Gasteiger partial charge is 0.481 e. The molecule has 3 N–H and O–H groups in total. The molecule has 0 aliphatic heterocycles. The molecule has 3 heteroatoms. The number of hydrogen-bond donors (Lipinski definition) is 2. The predicted molar refractivity (Wildman–Crippen MR) is 77.8 cm³/mol. The summed E-state index contributed by atoms with van der Waals surface area (Å²) in [5.41, 5.74) is 11.0. The fourth-order valence-corrected chi connectivity index (χ4v) is 1.91. The van der Waals surface area contributed by atoms with Gasteiger partial charge >= 0.3 is 5.97 Å². The average molecular weight is 259 g/mol. The number of nitrogens with two attached hydrogens (primary N) is 1. The van der Waals surface area contributed by atoms with Gasteiger partial charge in [0.2, 0.25) is 0 Å². The molecule has 2 aliphatic carbocycles. The summed E-state index contributed by atoms with van der Waals surface area (Å²) in [7, 11) is 0. The fraction of sp³-hybridized carbons (Fsp3) is 0.375. The lowest BCUT2D eigenvalue weighted by molar-refractivity contribution is -0.142. The van der Waals surface area contributed by atoms with Crippen molar-refractivity contribution in [1.82, 2.24) is 0 Å². The number of hydrogen-bond acceptors (Lipinski definition) is 2. The molecule has 2 rings (SSSR count). The van der Waals surface area contributed by atoms with Gasteiger partial charge in [0.25, 0.3) is 0 Å². The second kappa shape index (κ2) is 7.57. The van der Waals surface area contributed by atoms with E-state index in [1.165, 1.54) is 11.1 Å². The third-order valence-corrected chi connectivity index (χ3v) is 2.99. The lowest BCUT2D eigenvalue weighted by atomic mass is 9.96. The molecule has 0 spiro atoms. The van der Waals surface area contributed by atoms with E-state index in [-0.39, 0.29) is 12.0 Å². The van der Waals surface area contributed by atoms with Crippen molar-refractivity contribution < 1.29 is 9.90 Å². The lowest BCUT2D eigenvalue weighted by Gasteiger charge is -2.13. The topological polar surface area (TPSA) is 63.3 Å². The maximum atomic E-state index is 10.7. The molecule has 0 saturated heterocycles. The normalized spacial score (nSPS) is 13.4. The first kappa shape index (κ1) is 15.2. The summed E-state index contributed by atoms with van der Waals surface area (Å²) in [5, 5.41) is 8.82. The van der Waals surface area contributed by atoms with E-state index >= 15 is 0 Å². The highest BCUT2D eigenvalue weighted by Crippen LogP contribution is 2.32. The standard InChI is InChI=1S/C10H17NO2.C6H4/c1-3-5-8(10(12)13)7-9(11)6-4-2;1-2-5-4-6(5)3-1/h6,8-9H,2-3,5,7,11H2,1H3,(H,12,13);1-4H. The van der Waals surface area contributed by atoms with Crippen LogP contribution in [0.2, 0.25) is 0 Å². The second-order valence-electron chi connectivity index (χ2n) is 4.67. The van der Waals surface area contributed by atoms with Crippen LogP contribution in [0.1, 0.15) is 26.2 Å². The molecule has 2 atom stereocenters. The van der Waals surface area contributed by atoms with Gasteiger partial charge in [0, 0.05) is 6.04 Å². The molecule has 0 fully saturated rings. The van der Waals surface area contributed by atoms with Crippen molar-refractivity contribution in [3.8, 4) is 11.1 Å². The number of fused-ring (bicyclic) bond motifs is 1. The summed E-state index contributed by atoms with van der Waals surface area (Å²) in [6.07, 6.45) is 3.60. The zero-order valence-electron chi connectivity index (χ0n) is 11.3. The van der Waals surface area contributed by atoms with Crippen molar-refractivity contribution >= 4 is 5.97 Å². The van der Waals surface area contributed by atoms with Gasteiger partial charge in [0.1, 0.15) is 0 Å². The van der Waals surface area contributed by atoms with Gasteiger partial charge in [-0.15, -0.1) is 5.73 Å². The Morgan fingerprint density at radius 3 is 2.47 bits per heavy atom. The Morgan fingerprint density at radius 1 is 1.53 bits per heavy atom. The van der Waals surface area contributed by atoms with Gasteiger partial charge in [0.05, 0.1) is 5.92 Å². The molecule has 0 aromatic carbocycles. The van der Waals surface area contributed by atoms with Crippen LogP contribution in [0.25, 0.3) is 11.1 Å². The van der Waals surface area contributed by atoms with Crippen LogP contribution in [-0.2, 0) is 4.79 Å². The third kappa shape index (κ3) is 5.56. The van der Waals surface area contributed by atoms with Gasteiger partial charge in [0.15, 0.2) is 0 Å². The minimum Gasteiger partial charge on any atom is -0.481 e. The minimum atomic E-state index is -0.769. The van der Waals surface area contributed by atoms with Crippen LogP contribution >= 0.6 is 0 Å². The number of carboxylic acid groups (broad SMARTS) is 1. The van der Waals surface area contributed by atoms with Gasteiger partial charge in [-0.05, 0) is 36.1 Å². The molecular formula is C16H21NO2. The smallest absolute Gasteiger partial charge is 0.306 e. The summed E-state index contributed by atoms with van der Waals surface area (Å²) in [6, 6.07) is 8.24. The molecule has 102 valence electrons. The molecule has 0 amide bonds. The highest BCUT2D eigenvalue weighted by molar-refractivity contribution is 5.80. The Kier molecular flexibility index (Phi) is 6.07. The first-order valence-corrected chi connectivity index (χ1v) is 6.53. The van der Waals surface area contributed by atoms with Crippen molar-refractivity contribution in [2.24, 2.45) is 11.7 Å². The van der Waals surface area contributed by atoms with E-state index in [1.54, 1.807) is 6.08 Å². The molecule has 19 heavy (non-hydrogen) atoms. The van der Waals surface area contributed by atoms with Crippen molar-refractivity contribution in [3.63, 3.8) is 0 Å². The SMILES string of the molecule is C=C=CC(N)CC(CCC)C(=O)O.c1cc2cc-2c1. The molecule has 2 aliphatic rings. The zero-order valence-corrected chi connectivity index (χ0v) is 11.3. The van der Waals surface area contributed by atoms with Crippen molar-refractivity contribution in [2.45, 2.75) is 32.2 Å². The van der Waals surface area contributed by atoms with Crippen molar-refractivity contribution in [2.75, 3.05) is 0 Å². The van der Waals surface area contributed by atoms with Gasteiger partial charge in [-0.1, -0.05) is 38.1 Å². The van der Waals surface area contributed by atoms with Crippen molar-refractivity contribution in [1.29, 1.82) is 0 Å². The molecule has 0 saturated carbocycles. The Balaban J connectivity index is 0.000000241. The molecule has 0 aromatic rings. The highest BCUT2D eigenvalue weighted by atomic mass is 16.4. The Labute approximate surface area is 114 Å². The molecule has 0 heterocycles. The Morgan fingerprint density at radius 2 is 2.16 bits per heavy atom. The average Bonchev–Trinajstić information content (AvgIpc) is 2.96. The van der Waals surface area contributed by atoms with E-state index in [4.69, 9.17) is 10.8 Å². The summed E-state index contributed by atoms with van der Waals surface area (Å²) in [5.74, 6) is -1.11. The number of rotatable bonds is 6. The van der Waals surface area contributed by atoms with Crippen LogP contribution in [0, 0.1) is 5.92 Å². The van der Waals surface area contributed by atoms with Crippen LogP contribution in [0.3, 0.4) is 0 Å². The minimum absolute atomic E-state index is 0.245. The molecular weight excluding hydrogens is 238 g/mol. The van der Waals surface area contributed by atoms with E-state index in [0.717, 1.165) is 6.42 Å². The van der Waals surface area contributed by atoms with E-state index in [9.17, 15) is 4.79 Å². The first-order valence-electron chi connectivity index (χ1n) is 6.53. The van der Waals surface area contributed by atoms with Crippen LogP contribution < -0.4 is 5.73 Å². The van der Waals surface area contributed by atoms with Crippen LogP contribution in [-0.4, -0.2) is 17.1 Å². The first-order chi connectivity index (χ1) is 9.08.